The predicted octanol–water partition coefficient (Wildman–Crippen LogP) is 4.42. The number of aliphatic hydroxyl groups is 1. The summed E-state index contributed by atoms with van der Waals surface area (Å²) in [4.78, 5) is 28.5. The number of unbranched alkanes of at least 4 members (excludes halogenated alkanes) is 7. The number of phosphoric ester groups is 1. The Bertz CT molecular complexity index is 485. The second-order valence-corrected chi connectivity index (χ2v) is 7.99. The van der Waals surface area contributed by atoms with E-state index < -0.39 is 26.5 Å². The van der Waals surface area contributed by atoms with E-state index >= 15 is 0 Å². The molecule has 1 atom stereocenters. The summed E-state index contributed by atoms with van der Waals surface area (Å²) in [6.07, 6.45) is 18.7. The summed E-state index contributed by atoms with van der Waals surface area (Å²) >= 11 is 0. The number of esters is 1. The molecule has 8 heteroatoms. The maximum Gasteiger partial charge on any atom is 0.469 e. The van der Waals surface area contributed by atoms with Crippen molar-refractivity contribution in [2.45, 2.75) is 83.7 Å². The van der Waals surface area contributed by atoms with Gasteiger partial charge in [-0.3, -0.25) is 9.32 Å². The van der Waals surface area contributed by atoms with Crippen LogP contribution in [0.5, 0.6) is 0 Å². The van der Waals surface area contributed by atoms with Crippen LogP contribution < -0.4 is 0 Å². The third kappa shape index (κ3) is 21.3. The first-order valence-corrected chi connectivity index (χ1v) is 11.7. The number of carbonyl (C=O) groups is 1. The van der Waals surface area contributed by atoms with Gasteiger partial charge >= 0.3 is 13.8 Å². The molecule has 0 heterocycles. The lowest BCUT2D eigenvalue weighted by Gasteiger charge is -2.12. The molecule has 164 valence electrons. The van der Waals surface area contributed by atoms with Gasteiger partial charge in [-0.1, -0.05) is 63.3 Å². The molecule has 0 bridgehead atoms. The fourth-order valence-electron chi connectivity index (χ4n) is 2.38. The van der Waals surface area contributed by atoms with Crippen molar-refractivity contribution >= 4 is 13.8 Å². The van der Waals surface area contributed by atoms with Gasteiger partial charge in [0.15, 0.2) is 0 Å². The second kappa shape index (κ2) is 18.1. The first kappa shape index (κ1) is 27.0. The van der Waals surface area contributed by atoms with Gasteiger partial charge in [-0.2, -0.15) is 0 Å². The van der Waals surface area contributed by atoms with E-state index in [2.05, 4.69) is 35.8 Å². The molecule has 0 aliphatic rings. The number of phosphoric acid groups is 1. The highest BCUT2D eigenvalue weighted by atomic mass is 31.2. The fourth-order valence-corrected chi connectivity index (χ4v) is 2.75. The first-order chi connectivity index (χ1) is 13.3. The molecule has 0 aliphatic carbocycles. The van der Waals surface area contributed by atoms with Crippen LogP contribution in [-0.4, -0.2) is 40.2 Å². The molecule has 0 saturated heterocycles. The third-order valence-corrected chi connectivity index (χ3v) is 4.44. The zero-order chi connectivity index (χ0) is 21.1. The number of ether oxygens (including phenoxy) is 1. The Morgan fingerprint density at radius 2 is 1.54 bits per heavy atom. The van der Waals surface area contributed by atoms with Gasteiger partial charge < -0.3 is 19.6 Å². The number of aliphatic hydroxyl groups excluding tert-OH is 1. The van der Waals surface area contributed by atoms with E-state index in [1.54, 1.807) is 0 Å². The number of hydrogen-bond acceptors (Lipinski definition) is 5. The van der Waals surface area contributed by atoms with Crippen molar-refractivity contribution < 1.29 is 33.5 Å². The van der Waals surface area contributed by atoms with Crippen LogP contribution >= 0.6 is 7.82 Å². The Morgan fingerprint density at radius 3 is 2.18 bits per heavy atom. The lowest BCUT2D eigenvalue weighted by atomic mass is 10.1. The predicted molar refractivity (Wildman–Crippen MR) is 110 cm³/mol. The molecule has 3 N–H and O–H groups in total. The number of rotatable bonds is 18. The van der Waals surface area contributed by atoms with Gasteiger partial charge in [0.25, 0.3) is 0 Å². The summed E-state index contributed by atoms with van der Waals surface area (Å²) in [5.74, 6) is -0.426. The molecule has 0 saturated carbocycles. The van der Waals surface area contributed by atoms with E-state index in [9.17, 15) is 14.5 Å². The van der Waals surface area contributed by atoms with E-state index in [4.69, 9.17) is 14.5 Å². The van der Waals surface area contributed by atoms with Gasteiger partial charge in [-0.05, 0) is 32.1 Å². The highest BCUT2D eigenvalue weighted by Crippen LogP contribution is 2.35. The lowest BCUT2D eigenvalue weighted by Crippen LogP contribution is -2.23. The van der Waals surface area contributed by atoms with Crippen LogP contribution in [0, 0.1) is 0 Å². The minimum absolute atomic E-state index is 0.274. The first-order valence-electron chi connectivity index (χ1n) is 10.2. The van der Waals surface area contributed by atoms with Gasteiger partial charge in [-0.25, -0.2) is 4.57 Å². The van der Waals surface area contributed by atoms with Crippen molar-refractivity contribution in [2.24, 2.45) is 0 Å². The lowest BCUT2D eigenvalue weighted by molar-refractivity contribution is -0.147. The van der Waals surface area contributed by atoms with Crippen LogP contribution in [0.15, 0.2) is 24.3 Å². The molecular formula is C20H37O7P. The summed E-state index contributed by atoms with van der Waals surface area (Å²) in [5, 5.41) is 9.40. The molecule has 0 fully saturated rings. The quantitative estimate of drug-likeness (QED) is 0.130. The normalized spacial score (nSPS) is 13.4. The molecular weight excluding hydrogens is 383 g/mol. The molecule has 0 spiro atoms. The van der Waals surface area contributed by atoms with Crippen LogP contribution in [-0.2, 0) is 18.6 Å². The Hall–Kier alpha value is -0.980. The topological polar surface area (TPSA) is 113 Å². The van der Waals surface area contributed by atoms with E-state index in [1.807, 2.05) is 0 Å². The van der Waals surface area contributed by atoms with Gasteiger partial charge in [0.2, 0.25) is 0 Å². The van der Waals surface area contributed by atoms with Crippen molar-refractivity contribution in [3.63, 3.8) is 0 Å². The SMILES string of the molecule is CCCC/C=C\C/C=C\CCCCCCCC(=O)OCC(O)COP(=O)(O)O. The summed E-state index contributed by atoms with van der Waals surface area (Å²) in [6.45, 7) is 1.28. The Kier molecular flexibility index (Phi) is 17.4. The van der Waals surface area contributed by atoms with E-state index in [-0.39, 0.29) is 13.0 Å². The monoisotopic (exact) mass is 420 g/mol. The van der Waals surface area contributed by atoms with E-state index in [1.165, 1.54) is 19.3 Å². The number of carbonyl (C=O) groups excluding carboxylic acids is 1. The van der Waals surface area contributed by atoms with Gasteiger partial charge in [0.1, 0.15) is 12.7 Å². The van der Waals surface area contributed by atoms with Crippen molar-refractivity contribution in [3.8, 4) is 0 Å². The van der Waals surface area contributed by atoms with Gasteiger partial charge in [-0.15, -0.1) is 0 Å². The molecule has 1 unspecified atom stereocenters. The highest BCUT2D eigenvalue weighted by Gasteiger charge is 2.17. The molecule has 7 nitrogen and oxygen atoms in total. The minimum atomic E-state index is -4.62. The summed E-state index contributed by atoms with van der Waals surface area (Å²) in [7, 11) is -4.62. The van der Waals surface area contributed by atoms with Crippen LogP contribution in [0.3, 0.4) is 0 Å². The molecule has 0 aromatic rings. The van der Waals surface area contributed by atoms with Crippen molar-refractivity contribution in [1.29, 1.82) is 0 Å². The third-order valence-electron chi connectivity index (χ3n) is 3.95. The van der Waals surface area contributed by atoms with Gasteiger partial charge in [0.05, 0.1) is 6.61 Å². The molecule has 0 rings (SSSR count). The molecule has 0 aliphatic heterocycles. The van der Waals surface area contributed by atoms with E-state index in [0.717, 1.165) is 44.9 Å². The van der Waals surface area contributed by atoms with Crippen LogP contribution in [0.1, 0.15) is 77.6 Å². The van der Waals surface area contributed by atoms with Crippen molar-refractivity contribution in [1.82, 2.24) is 0 Å². The maximum atomic E-state index is 11.5. The summed E-state index contributed by atoms with van der Waals surface area (Å²) in [6, 6.07) is 0. The zero-order valence-electron chi connectivity index (χ0n) is 17.0. The number of hydrogen-bond donors (Lipinski definition) is 3. The van der Waals surface area contributed by atoms with Crippen LogP contribution in [0.25, 0.3) is 0 Å². The van der Waals surface area contributed by atoms with Crippen LogP contribution in [0.2, 0.25) is 0 Å². The largest absolute Gasteiger partial charge is 0.469 e. The zero-order valence-corrected chi connectivity index (χ0v) is 17.9. The Balaban J connectivity index is 3.45. The van der Waals surface area contributed by atoms with Crippen molar-refractivity contribution in [3.05, 3.63) is 24.3 Å². The summed E-state index contributed by atoms with van der Waals surface area (Å²) < 4.78 is 19.5. The molecule has 0 aromatic carbocycles. The molecule has 0 amide bonds. The summed E-state index contributed by atoms with van der Waals surface area (Å²) in [5.41, 5.74) is 0. The van der Waals surface area contributed by atoms with Crippen LogP contribution in [0.4, 0.5) is 0 Å². The Morgan fingerprint density at radius 1 is 0.929 bits per heavy atom. The second-order valence-electron chi connectivity index (χ2n) is 6.75. The van der Waals surface area contributed by atoms with E-state index in [0.29, 0.717) is 0 Å². The van der Waals surface area contributed by atoms with Gasteiger partial charge in [0, 0.05) is 6.42 Å². The smallest absolute Gasteiger partial charge is 0.463 e. The van der Waals surface area contributed by atoms with Crippen molar-refractivity contribution in [2.75, 3.05) is 13.2 Å². The maximum absolute atomic E-state index is 11.5. The molecule has 0 aromatic heterocycles. The highest BCUT2D eigenvalue weighted by molar-refractivity contribution is 7.46. The standard InChI is InChI=1S/C20H37O7P/c1-2-3-4-5-6-7-8-9-10-11-12-13-14-15-16-20(22)26-17-19(21)18-27-28(23,24)25/h5-6,8-9,19,21H,2-4,7,10-18H2,1H3,(H2,23,24,25)/b6-5-,9-8-. The fraction of sp³-hybridized carbons (Fsp3) is 0.750. The molecule has 0 radical (unpaired) electrons. The Labute approximate surface area is 169 Å². The number of allylic oxidation sites excluding steroid dienone is 4. The minimum Gasteiger partial charge on any atom is -0.463 e. The average Bonchev–Trinajstić information content (AvgIpc) is 2.64. The molecule has 28 heavy (non-hydrogen) atoms. The average molecular weight is 420 g/mol.